The molecule has 0 spiro atoms. The summed E-state index contributed by atoms with van der Waals surface area (Å²) in [6.07, 6.45) is 1.58. The molecule has 0 aliphatic rings. The molecule has 1 aromatic carbocycles. The molecule has 3 N–H and O–H groups in total. The Morgan fingerprint density at radius 1 is 1.16 bits per heavy atom. The fraction of sp³-hybridized carbons (Fsp3) is 0.333. The summed E-state index contributed by atoms with van der Waals surface area (Å²) >= 11 is 0. The molecular weight excluding hydrogens is 320 g/mol. The highest BCUT2D eigenvalue weighted by molar-refractivity contribution is 5.86. The first-order valence-corrected chi connectivity index (χ1v) is 8.15. The number of ether oxygens (including phenoxy) is 1. The summed E-state index contributed by atoms with van der Waals surface area (Å²) in [7, 11) is 1.64. The smallest absolute Gasteiger partial charge is 0.239 e. The third-order valence-corrected chi connectivity index (χ3v) is 3.38. The minimum Gasteiger partial charge on any atom is -0.497 e. The maximum absolute atomic E-state index is 11.9. The SMILES string of the molecule is CCNC(=NCc1ccc(OC)cc1)NCC(=O)NCc1ccco1. The molecule has 25 heavy (non-hydrogen) atoms. The van der Waals surface area contributed by atoms with Gasteiger partial charge in [-0.05, 0) is 36.8 Å². The molecule has 0 aliphatic carbocycles. The molecule has 0 saturated carbocycles. The number of nitrogens with one attached hydrogen (secondary N) is 3. The van der Waals surface area contributed by atoms with E-state index in [-0.39, 0.29) is 12.5 Å². The Balaban J connectivity index is 1.80. The molecule has 0 atom stereocenters. The van der Waals surface area contributed by atoms with Gasteiger partial charge in [0.15, 0.2) is 5.96 Å². The molecule has 7 nitrogen and oxygen atoms in total. The fourth-order valence-corrected chi connectivity index (χ4v) is 2.07. The molecule has 0 saturated heterocycles. The summed E-state index contributed by atoms with van der Waals surface area (Å²) in [6.45, 7) is 3.69. The second kappa shape index (κ2) is 10.0. The molecule has 1 aromatic heterocycles. The van der Waals surface area contributed by atoms with E-state index in [1.165, 1.54) is 0 Å². The van der Waals surface area contributed by atoms with Crippen LogP contribution in [0.3, 0.4) is 0 Å². The minimum absolute atomic E-state index is 0.133. The number of aliphatic imine (C=N–C) groups is 1. The molecule has 2 aromatic rings. The Morgan fingerprint density at radius 2 is 1.96 bits per heavy atom. The number of methoxy groups -OCH3 is 1. The summed E-state index contributed by atoms with van der Waals surface area (Å²) in [5, 5.41) is 8.91. The zero-order valence-corrected chi connectivity index (χ0v) is 14.5. The first-order chi connectivity index (χ1) is 12.2. The van der Waals surface area contributed by atoms with E-state index in [1.807, 2.05) is 37.3 Å². The molecule has 1 amide bonds. The van der Waals surface area contributed by atoms with Crippen LogP contribution >= 0.6 is 0 Å². The molecule has 2 rings (SSSR count). The van der Waals surface area contributed by atoms with Crippen LogP contribution in [0, 0.1) is 0 Å². The summed E-state index contributed by atoms with van der Waals surface area (Å²) in [4.78, 5) is 16.4. The van der Waals surface area contributed by atoms with Crippen molar-refractivity contribution in [3.05, 3.63) is 54.0 Å². The van der Waals surface area contributed by atoms with E-state index >= 15 is 0 Å². The van der Waals surface area contributed by atoms with Gasteiger partial charge < -0.3 is 25.1 Å². The Hall–Kier alpha value is -2.96. The van der Waals surface area contributed by atoms with Crippen LogP contribution in [0.1, 0.15) is 18.2 Å². The number of benzene rings is 1. The van der Waals surface area contributed by atoms with Gasteiger partial charge in [-0.15, -0.1) is 0 Å². The molecule has 0 bridgehead atoms. The zero-order chi connectivity index (χ0) is 17.9. The van der Waals surface area contributed by atoms with Gasteiger partial charge in [0.2, 0.25) is 5.91 Å². The van der Waals surface area contributed by atoms with E-state index < -0.39 is 0 Å². The average molecular weight is 344 g/mol. The molecule has 0 aliphatic heterocycles. The highest BCUT2D eigenvalue weighted by atomic mass is 16.5. The number of guanidine groups is 1. The topological polar surface area (TPSA) is 87.9 Å². The Morgan fingerprint density at radius 3 is 2.60 bits per heavy atom. The molecule has 0 radical (unpaired) electrons. The lowest BCUT2D eigenvalue weighted by molar-refractivity contribution is -0.120. The van der Waals surface area contributed by atoms with E-state index in [4.69, 9.17) is 9.15 Å². The number of nitrogens with zero attached hydrogens (tertiary/aromatic N) is 1. The number of rotatable bonds is 8. The number of carbonyl (C=O) groups excluding carboxylic acids is 1. The molecule has 134 valence electrons. The first-order valence-electron chi connectivity index (χ1n) is 8.15. The van der Waals surface area contributed by atoms with Crippen molar-refractivity contribution < 1.29 is 13.9 Å². The minimum atomic E-state index is -0.133. The zero-order valence-electron chi connectivity index (χ0n) is 14.5. The van der Waals surface area contributed by atoms with Crippen LogP contribution < -0.4 is 20.7 Å². The summed E-state index contributed by atoms with van der Waals surface area (Å²) in [5.41, 5.74) is 1.06. The lowest BCUT2D eigenvalue weighted by atomic mass is 10.2. The van der Waals surface area contributed by atoms with Gasteiger partial charge in [-0.2, -0.15) is 0 Å². The highest BCUT2D eigenvalue weighted by Crippen LogP contribution is 2.11. The quantitative estimate of drug-likeness (QED) is 0.501. The molecule has 0 unspecified atom stereocenters. The lowest BCUT2D eigenvalue weighted by Gasteiger charge is -2.11. The second-order valence-electron chi connectivity index (χ2n) is 5.25. The number of amides is 1. The Kier molecular flexibility index (Phi) is 7.37. The van der Waals surface area contributed by atoms with Crippen LogP contribution in [-0.2, 0) is 17.9 Å². The third kappa shape index (κ3) is 6.58. The maximum atomic E-state index is 11.9. The standard InChI is InChI=1S/C18H24N4O3/c1-3-19-18(21-11-14-6-8-15(24-2)9-7-14)22-13-17(23)20-12-16-5-4-10-25-16/h4-10H,3,11-13H2,1-2H3,(H,20,23)(H2,19,21,22). The van der Waals surface area contributed by atoms with Gasteiger partial charge in [-0.3, -0.25) is 4.79 Å². The van der Waals surface area contributed by atoms with Crippen LogP contribution in [-0.4, -0.2) is 32.1 Å². The van der Waals surface area contributed by atoms with Crippen LogP contribution in [0.5, 0.6) is 5.75 Å². The van der Waals surface area contributed by atoms with Crippen molar-refractivity contribution >= 4 is 11.9 Å². The van der Waals surface area contributed by atoms with Crippen molar-refractivity contribution in [1.29, 1.82) is 0 Å². The monoisotopic (exact) mass is 344 g/mol. The van der Waals surface area contributed by atoms with Crippen molar-refractivity contribution in [1.82, 2.24) is 16.0 Å². The van der Waals surface area contributed by atoms with Crippen LogP contribution in [0.15, 0.2) is 52.1 Å². The van der Waals surface area contributed by atoms with Gasteiger partial charge in [0.1, 0.15) is 11.5 Å². The van der Waals surface area contributed by atoms with Crippen LogP contribution in [0.25, 0.3) is 0 Å². The molecular formula is C18H24N4O3. The van der Waals surface area contributed by atoms with Crippen molar-refractivity contribution in [3.63, 3.8) is 0 Å². The van der Waals surface area contributed by atoms with Crippen molar-refractivity contribution in [3.8, 4) is 5.75 Å². The fourth-order valence-electron chi connectivity index (χ4n) is 2.07. The Bertz CT molecular complexity index is 666. The van der Waals surface area contributed by atoms with Crippen LogP contribution in [0.4, 0.5) is 0 Å². The largest absolute Gasteiger partial charge is 0.497 e. The lowest BCUT2D eigenvalue weighted by Crippen LogP contribution is -2.43. The maximum Gasteiger partial charge on any atom is 0.239 e. The summed E-state index contributed by atoms with van der Waals surface area (Å²) < 4.78 is 10.3. The van der Waals surface area contributed by atoms with Gasteiger partial charge in [-0.25, -0.2) is 4.99 Å². The first kappa shape index (κ1) is 18.4. The highest BCUT2D eigenvalue weighted by Gasteiger charge is 2.04. The van der Waals surface area contributed by atoms with E-state index in [1.54, 1.807) is 19.4 Å². The summed E-state index contributed by atoms with van der Waals surface area (Å²) in [6, 6.07) is 11.3. The van der Waals surface area contributed by atoms with E-state index in [0.717, 1.165) is 11.3 Å². The van der Waals surface area contributed by atoms with E-state index in [0.29, 0.717) is 31.4 Å². The van der Waals surface area contributed by atoms with Gasteiger partial charge in [0.25, 0.3) is 0 Å². The van der Waals surface area contributed by atoms with Gasteiger partial charge >= 0.3 is 0 Å². The number of hydrogen-bond donors (Lipinski definition) is 3. The molecule has 1 heterocycles. The van der Waals surface area contributed by atoms with Gasteiger partial charge in [0, 0.05) is 6.54 Å². The predicted octanol–water partition coefficient (Wildman–Crippen LogP) is 1.66. The van der Waals surface area contributed by atoms with Crippen LogP contribution in [0.2, 0.25) is 0 Å². The average Bonchev–Trinajstić information content (AvgIpc) is 3.16. The molecule has 7 heteroatoms. The summed E-state index contributed by atoms with van der Waals surface area (Å²) in [5.74, 6) is 1.98. The number of furan rings is 1. The number of hydrogen-bond acceptors (Lipinski definition) is 4. The number of carbonyl (C=O) groups is 1. The van der Waals surface area contributed by atoms with Crippen molar-refractivity contribution in [2.75, 3.05) is 20.2 Å². The van der Waals surface area contributed by atoms with Gasteiger partial charge in [-0.1, -0.05) is 12.1 Å². The third-order valence-electron chi connectivity index (χ3n) is 3.38. The van der Waals surface area contributed by atoms with Gasteiger partial charge in [0.05, 0.1) is 33.0 Å². The normalized spacial score (nSPS) is 11.0. The van der Waals surface area contributed by atoms with Crippen molar-refractivity contribution in [2.45, 2.75) is 20.0 Å². The predicted molar refractivity (Wildman–Crippen MR) is 96.4 cm³/mol. The Labute approximate surface area is 147 Å². The second-order valence-corrected chi connectivity index (χ2v) is 5.25. The van der Waals surface area contributed by atoms with Crippen molar-refractivity contribution in [2.24, 2.45) is 4.99 Å². The molecule has 0 fully saturated rings. The van der Waals surface area contributed by atoms with E-state index in [9.17, 15) is 4.79 Å². The van der Waals surface area contributed by atoms with E-state index in [2.05, 4.69) is 20.9 Å².